The van der Waals surface area contributed by atoms with Crippen molar-refractivity contribution >= 4 is 11.5 Å². The summed E-state index contributed by atoms with van der Waals surface area (Å²) in [7, 11) is 2.41. The van der Waals surface area contributed by atoms with Gasteiger partial charge in [-0.25, -0.2) is 4.79 Å². The number of esters is 1. The fraction of sp³-hybridized carbons (Fsp3) is 0.571. The number of hydrogen-bond donors (Lipinski definition) is 0. The molecule has 1 aliphatic heterocycles. The van der Waals surface area contributed by atoms with Gasteiger partial charge in [0, 0.05) is 19.3 Å². The zero-order chi connectivity index (χ0) is 17.1. The molecule has 4 rings (SSSR count). The molecule has 1 saturated heterocycles. The fourth-order valence-electron chi connectivity index (χ4n) is 5.94. The van der Waals surface area contributed by atoms with Crippen molar-refractivity contribution in [2.75, 3.05) is 7.05 Å². The second-order valence-corrected chi connectivity index (χ2v) is 8.43. The van der Waals surface area contributed by atoms with Gasteiger partial charge in [0.2, 0.25) is 0 Å². The van der Waals surface area contributed by atoms with E-state index in [4.69, 9.17) is 4.74 Å². The lowest BCUT2D eigenvalue weighted by Gasteiger charge is -2.73. The van der Waals surface area contributed by atoms with Crippen LogP contribution in [-0.2, 0) is 9.53 Å². The Labute approximate surface area is 161 Å². The number of ether oxygens (including phenoxy) is 1. The first-order chi connectivity index (χ1) is 11.4. The van der Waals surface area contributed by atoms with Gasteiger partial charge in [0.25, 0.3) is 0 Å². The zero-order valence-corrected chi connectivity index (χ0v) is 17.0. The van der Waals surface area contributed by atoms with Gasteiger partial charge in [-0.15, -0.1) is 0 Å². The minimum atomic E-state index is -0.251. The molecule has 0 radical (unpaired) electrons. The highest BCUT2D eigenvalue weighted by Crippen LogP contribution is 2.69. The number of piperidine rings is 1. The van der Waals surface area contributed by atoms with Crippen LogP contribution in [0.5, 0.6) is 0 Å². The summed E-state index contributed by atoms with van der Waals surface area (Å²) in [4.78, 5) is 12.5. The molecule has 1 aromatic carbocycles. The van der Waals surface area contributed by atoms with Crippen LogP contribution in [0.15, 0.2) is 36.9 Å². The minimum Gasteiger partial charge on any atom is -1.00 e. The highest BCUT2D eigenvalue weighted by molar-refractivity contribution is 6.15. The molecule has 0 N–H and O–H groups in total. The first kappa shape index (κ1) is 18.7. The lowest BCUT2D eigenvalue weighted by molar-refractivity contribution is -1.05. The van der Waals surface area contributed by atoms with Gasteiger partial charge in [-0.2, -0.15) is 0 Å². The molecule has 2 saturated carbocycles. The third kappa shape index (κ3) is 2.44. The van der Waals surface area contributed by atoms with Crippen molar-refractivity contribution in [3.8, 4) is 0 Å². The first-order valence-corrected chi connectivity index (χ1v) is 9.20. The molecule has 1 heterocycles. The Hall–Kier alpha value is -1.13. The Morgan fingerprint density at radius 1 is 1.28 bits per heavy atom. The number of likely N-dealkylation sites (tertiary alicyclic amines) is 1. The lowest BCUT2D eigenvalue weighted by atomic mass is 9.51. The maximum atomic E-state index is 12.5. The lowest BCUT2D eigenvalue weighted by Crippen LogP contribution is -3.00. The summed E-state index contributed by atoms with van der Waals surface area (Å²) >= 11 is 0. The predicted molar refractivity (Wildman–Crippen MR) is 95.2 cm³/mol. The summed E-state index contributed by atoms with van der Waals surface area (Å²) in [6.07, 6.45) is 4.78. The van der Waals surface area contributed by atoms with Crippen LogP contribution < -0.4 is 17.0 Å². The third-order valence-electron chi connectivity index (χ3n) is 7.40. The van der Waals surface area contributed by atoms with Crippen LogP contribution in [-0.4, -0.2) is 41.7 Å². The first-order valence-electron chi connectivity index (χ1n) is 9.20. The van der Waals surface area contributed by atoms with Crippen molar-refractivity contribution < 1.29 is 31.0 Å². The van der Waals surface area contributed by atoms with Gasteiger partial charge >= 0.3 is 5.97 Å². The van der Waals surface area contributed by atoms with E-state index in [9.17, 15) is 4.79 Å². The monoisotopic (exact) mass is 405 g/mol. The van der Waals surface area contributed by atoms with Crippen LogP contribution >= 0.6 is 0 Å². The Morgan fingerprint density at radius 2 is 1.96 bits per heavy atom. The largest absolute Gasteiger partial charge is 1.00 e. The quantitative estimate of drug-likeness (QED) is 0.420. The predicted octanol–water partition coefficient (Wildman–Crippen LogP) is 0.795. The van der Waals surface area contributed by atoms with Gasteiger partial charge in [0.15, 0.2) is 0 Å². The number of carbonyl (C=O) groups excluding carboxylic acids is 1. The molecule has 5 unspecified atom stereocenters. The van der Waals surface area contributed by atoms with Gasteiger partial charge < -0.3 is 26.2 Å². The Bertz CT molecular complexity index is 688. The van der Waals surface area contributed by atoms with Crippen LogP contribution in [0.25, 0.3) is 5.57 Å². The van der Waals surface area contributed by atoms with E-state index in [1.54, 1.807) is 0 Å². The SMILES string of the molecule is C=C(C(=O)OC1CC2C3(CCC3[N+]2(C)C(C)C)C1)c1ccccc1.[Br-]. The number of benzene rings is 1. The number of quaternary nitrogens is 1. The zero-order valence-electron chi connectivity index (χ0n) is 15.4. The highest BCUT2D eigenvalue weighted by Gasteiger charge is 2.79. The maximum Gasteiger partial charge on any atom is 0.338 e. The Morgan fingerprint density at radius 3 is 2.52 bits per heavy atom. The van der Waals surface area contributed by atoms with Crippen LogP contribution in [0.4, 0.5) is 0 Å². The standard InChI is InChI=1S/C21H28NO2.BrH/c1-14(2)22(4)18-10-11-21(18)13-17(12-19(21)22)24-20(23)15(3)16-8-6-5-7-9-16;/h5-9,14,17-19H,3,10-13H2,1-2,4H3;1H/q+1;/p-1. The van der Waals surface area contributed by atoms with E-state index < -0.39 is 0 Å². The Balaban J connectivity index is 0.00000182. The minimum absolute atomic E-state index is 0. The van der Waals surface area contributed by atoms with Gasteiger partial charge in [0.05, 0.1) is 24.1 Å². The van der Waals surface area contributed by atoms with Crippen molar-refractivity contribution in [2.45, 2.75) is 63.8 Å². The van der Waals surface area contributed by atoms with E-state index in [1.165, 1.54) is 17.3 Å². The van der Waals surface area contributed by atoms with Crippen LogP contribution in [0, 0.1) is 5.41 Å². The topological polar surface area (TPSA) is 26.3 Å². The average Bonchev–Trinajstić information content (AvgIpc) is 2.93. The second-order valence-electron chi connectivity index (χ2n) is 8.43. The van der Waals surface area contributed by atoms with Gasteiger partial charge in [-0.1, -0.05) is 36.9 Å². The molecule has 0 amide bonds. The molecule has 25 heavy (non-hydrogen) atoms. The van der Waals surface area contributed by atoms with E-state index in [2.05, 4.69) is 27.5 Å². The Kier molecular flexibility index (Phi) is 4.66. The van der Waals surface area contributed by atoms with Crippen LogP contribution in [0.2, 0.25) is 0 Å². The fourth-order valence-corrected chi connectivity index (χ4v) is 5.94. The normalized spacial score (nSPS) is 37.8. The van der Waals surface area contributed by atoms with E-state index in [1.807, 2.05) is 30.3 Å². The molecule has 1 spiro atoms. The summed E-state index contributed by atoms with van der Waals surface area (Å²) in [6, 6.07) is 11.7. The summed E-state index contributed by atoms with van der Waals surface area (Å²) < 4.78 is 7.05. The van der Waals surface area contributed by atoms with Gasteiger partial charge in [-0.05, 0) is 25.8 Å². The molecule has 3 aliphatic rings. The van der Waals surface area contributed by atoms with Gasteiger partial charge in [-0.3, -0.25) is 0 Å². The highest BCUT2D eigenvalue weighted by atomic mass is 79.9. The van der Waals surface area contributed by atoms with Crippen molar-refractivity contribution in [1.82, 2.24) is 0 Å². The molecule has 5 atom stereocenters. The summed E-state index contributed by atoms with van der Waals surface area (Å²) in [6.45, 7) is 8.61. The van der Waals surface area contributed by atoms with Crippen molar-refractivity contribution in [1.29, 1.82) is 0 Å². The summed E-state index contributed by atoms with van der Waals surface area (Å²) in [5.74, 6) is -0.251. The number of nitrogens with zero attached hydrogens (tertiary/aromatic N) is 1. The summed E-state index contributed by atoms with van der Waals surface area (Å²) in [5, 5.41) is 0. The maximum absolute atomic E-state index is 12.5. The second kappa shape index (κ2) is 6.24. The van der Waals surface area contributed by atoms with E-state index in [0.29, 0.717) is 23.1 Å². The summed E-state index contributed by atoms with van der Waals surface area (Å²) in [5.41, 5.74) is 1.78. The van der Waals surface area contributed by atoms with Crippen LogP contribution in [0.3, 0.4) is 0 Å². The molecular weight excluding hydrogens is 378 g/mol. The van der Waals surface area contributed by atoms with Crippen molar-refractivity contribution in [3.63, 3.8) is 0 Å². The van der Waals surface area contributed by atoms with Crippen molar-refractivity contribution in [3.05, 3.63) is 42.5 Å². The molecule has 0 aromatic heterocycles. The number of halogens is 1. The molecule has 0 bridgehead atoms. The number of carbonyl (C=O) groups is 1. The van der Waals surface area contributed by atoms with Gasteiger partial charge in [0.1, 0.15) is 18.2 Å². The van der Waals surface area contributed by atoms with E-state index in [-0.39, 0.29) is 29.1 Å². The van der Waals surface area contributed by atoms with E-state index in [0.717, 1.165) is 24.4 Å². The molecule has 136 valence electrons. The number of hydrogen-bond acceptors (Lipinski definition) is 2. The average molecular weight is 406 g/mol. The third-order valence-corrected chi connectivity index (χ3v) is 7.40. The van der Waals surface area contributed by atoms with Crippen LogP contribution in [0.1, 0.15) is 45.1 Å². The molecule has 3 fully saturated rings. The number of rotatable bonds is 4. The molecule has 3 nitrogen and oxygen atoms in total. The molecule has 2 aliphatic carbocycles. The van der Waals surface area contributed by atoms with Crippen molar-refractivity contribution in [2.24, 2.45) is 5.41 Å². The molecular formula is C21H28BrNO2. The smallest absolute Gasteiger partial charge is 0.338 e. The molecule has 4 heteroatoms. The van der Waals surface area contributed by atoms with E-state index >= 15 is 0 Å². The molecule has 1 aromatic rings.